The molecule has 14 heteroatoms. The smallest absolute Gasteiger partial charge is 0.349 e. The highest BCUT2D eigenvalue weighted by atomic mass is 35.5. The topological polar surface area (TPSA) is 104 Å². The molecule has 0 amide bonds. The number of halogens is 7. The third-order valence-corrected chi connectivity index (χ3v) is 9.38. The van der Waals surface area contributed by atoms with Crippen LogP contribution in [0.4, 0.5) is 0 Å². The largest absolute Gasteiger partial charge is 0.489 e. The zero-order valence-electron chi connectivity index (χ0n) is 22.5. The molecule has 1 aliphatic heterocycles. The van der Waals surface area contributed by atoms with Crippen molar-refractivity contribution in [2.45, 2.75) is 12.5 Å². The van der Waals surface area contributed by atoms with Crippen molar-refractivity contribution in [1.82, 2.24) is 0 Å². The minimum Gasteiger partial charge on any atom is -0.489 e. The average molecular weight is 746 g/mol. The molecule has 1 atom stereocenters. The SMILES string of the molecule is N#CC1=C(N)Oc2cc(OC(=O)COc3c(Cl)c(Cl)c(Cl)c(Cl)c3Cl)ccc2C1c1ccc(OCc2ccc(Cl)cc2Cl)cc1. The van der Waals surface area contributed by atoms with Gasteiger partial charge in [0.2, 0.25) is 5.88 Å². The van der Waals surface area contributed by atoms with Gasteiger partial charge in [-0.3, -0.25) is 0 Å². The average Bonchev–Trinajstić information content (AvgIpc) is 3.02. The van der Waals surface area contributed by atoms with Crippen LogP contribution >= 0.6 is 81.2 Å². The van der Waals surface area contributed by atoms with Gasteiger partial charge in [0.25, 0.3) is 0 Å². The van der Waals surface area contributed by atoms with E-state index in [1.807, 2.05) is 12.1 Å². The van der Waals surface area contributed by atoms with Crippen LogP contribution in [0.3, 0.4) is 0 Å². The standard InChI is InChI=1S/C31H17Cl7N2O5/c32-16-4-1-15(21(33)9-16)12-42-17-5-2-14(3-6-17)24-19-8-7-18(10-22(19)45-31(40)20(24)11-39)44-23(41)13-43-30-28(37)26(35)25(34)27(36)29(30)38/h1-10,24H,12-13,40H2. The van der Waals surface area contributed by atoms with Crippen LogP contribution in [0.25, 0.3) is 0 Å². The maximum Gasteiger partial charge on any atom is 0.349 e. The molecular formula is C31H17Cl7N2O5. The number of fused-ring (bicyclic) bond motifs is 1. The molecule has 0 bridgehead atoms. The number of nitrogens with zero attached hydrogens (tertiary/aromatic N) is 1. The van der Waals surface area contributed by atoms with Crippen LogP contribution in [-0.2, 0) is 11.4 Å². The number of hydrogen-bond acceptors (Lipinski definition) is 7. The van der Waals surface area contributed by atoms with Gasteiger partial charge >= 0.3 is 5.97 Å². The molecule has 5 rings (SSSR count). The Morgan fingerprint density at radius 1 is 0.822 bits per heavy atom. The highest BCUT2D eigenvalue weighted by Gasteiger charge is 2.31. The fourth-order valence-corrected chi connectivity index (χ4v) is 6.10. The van der Waals surface area contributed by atoms with Crippen molar-refractivity contribution >= 4 is 87.2 Å². The van der Waals surface area contributed by atoms with Crippen LogP contribution in [0.15, 0.2) is 72.1 Å². The predicted molar refractivity (Wildman–Crippen MR) is 176 cm³/mol. The first-order chi connectivity index (χ1) is 21.5. The summed E-state index contributed by atoms with van der Waals surface area (Å²) in [6.07, 6.45) is 0. The molecule has 1 aliphatic rings. The summed E-state index contributed by atoms with van der Waals surface area (Å²) in [4.78, 5) is 12.6. The zero-order chi connectivity index (χ0) is 32.4. The van der Waals surface area contributed by atoms with Crippen LogP contribution in [0.2, 0.25) is 35.2 Å². The zero-order valence-corrected chi connectivity index (χ0v) is 27.8. The number of esters is 1. The molecule has 2 N–H and O–H groups in total. The number of nitriles is 1. The summed E-state index contributed by atoms with van der Waals surface area (Å²) in [5.41, 5.74) is 8.51. The molecule has 230 valence electrons. The Kier molecular flexibility index (Phi) is 10.4. The maximum absolute atomic E-state index is 12.6. The lowest BCUT2D eigenvalue weighted by atomic mass is 9.83. The van der Waals surface area contributed by atoms with Crippen molar-refractivity contribution in [2.24, 2.45) is 5.73 Å². The van der Waals surface area contributed by atoms with Crippen molar-refractivity contribution in [3.8, 4) is 29.1 Å². The summed E-state index contributed by atoms with van der Waals surface area (Å²) in [7, 11) is 0. The summed E-state index contributed by atoms with van der Waals surface area (Å²) in [6, 6.07) is 19.2. The Hall–Kier alpha value is -3.19. The minimum absolute atomic E-state index is 0.0488. The lowest BCUT2D eigenvalue weighted by molar-refractivity contribution is -0.136. The van der Waals surface area contributed by atoms with Crippen molar-refractivity contribution in [3.63, 3.8) is 0 Å². The molecule has 1 unspecified atom stereocenters. The second-order valence-electron chi connectivity index (χ2n) is 9.38. The third-order valence-electron chi connectivity index (χ3n) is 6.55. The molecule has 4 aromatic rings. The predicted octanol–water partition coefficient (Wildman–Crippen LogP) is 10.0. The molecule has 0 fully saturated rings. The first-order valence-electron chi connectivity index (χ1n) is 12.7. The van der Waals surface area contributed by atoms with Gasteiger partial charge in [-0.05, 0) is 35.9 Å². The highest BCUT2D eigenvalue weighted by Crippen LogP contribution is 2.48. The Morgan fingerprint density at radius 2 is 1.47 bits per heavy atom. The van der Waals surface area contributed by atoms with Gasteiger partial charge in [-0.15, -0.1) is 0 Å². The number of hydrogen-bond donors (Lipinski definition) is 1. The van der Waals surface area contributed by atoms with E-state index in [1.54, 1.807) is 42.5 Å². The summed E-state index contributed by atoms with van der Waals surface area (Å²) in [5.74, 6) is -0.559. The van der Waals surface area contributed by atoms with Crippen LogP contribution in [-0.4, -0.2) is 12.6 Å². The molecule has 4 aromatic carbocycles. The van der Waals surface area contributed by atoms with Crippen molar-refractivity contribution in [3.05, 3.63) is 124 Å². The first-order valence-corrected chi connectivity index (χ1v) is 15.4. The Bertz CT molecular complexity index is 1860. The minimum atomic E-state index is -0.798. The van der Waals surface area contributed by atoms with E-state index in [-0.39, 0.29) is 54.7 Å². The Balaban J connectivity index is 1.31. The van der Waals surface area contributed by atoms with Gasteiger partial charge in [-0.25, -0.2) is 4.79 Å². The fourth-order valence-electron chi connectivity index (χ4n) is 4.40. The van der Waals surface area contributed by atoms with Gasteiger partial charge in [0.15, 0.2) is 12.4 Å². The summed E-state index contributed by atoms with van der Waals surface area (Å²) in [5, 5.41) is 10.5. The van der Waals surface area contributed by atoms with E-state index in [0.717, 1.165) is 11.1 Å². The van der Waals surface area contributed by atoms with E-state index in [0.29, 0.717) is 27.1 Å². The maximum atomic E-state index is 12.6. The van der Waals surface area contributed by atoms with Gasteiger partial charge in [-0.1, -0.05) is 105 Å². The second kappa shape index (κ2) is 14.1. The van der Waals surface area contributed by atoms with E-state index >= 15 is 0 Å². The van der Waals surface area contributed by atoms with E-state index < -0.39 is 18.5 Å². The normalized spacial score (nSPS) is 13.9. The number of benzene rings is 4. The highest BCUT2D eigenvalue weighted by molar-refractivity contribution is 6.55. The molecule has 0 aliphatic carbocycles. The van der Waals surface area contributed by atoms with Crippen LogP contribution < -0.4 is 24.7 Å². The van der Waals surface area contributed by atoms with Gasteiger partial charge in [-0.2, -0.15) is 5.26 Å². The van der Waals surface area contributed by atoms with Crippen molar-refractivity contribution < 1.29 is 23.7 Å². The Morgan fingerprint density at radius 3 is 2.11 bits per heavy atom. The lowest BCUT2D eigenvalue weighted by Gasteiger charge is -2.27. The Labute approximate surface area is 292 Å². The molecule has 0 saturated carbocycles. The van der Waals surface area contributed by atoms with Gasteiger partial charge < -0.3 is 24.7 Å². The number of nitrogens with two attached hydrogens (primary N) is 1. The molecule has 0 saturated heterocycles. The summed E-state index contributed by atoms with van der Waals surface area (Å²) >= 11 is 42.6. The monoisotopic (exact) mass is 742 g/mol. The van der Waals surface area contributed by atoms with E-state index in [9.17, 15) is 10.1 Å². The molecule has 1 heterocycles. The second-order valence-corrected chi connectivity index (χ2v) is 12.1. The third kappa shape index (κ3) is 7.14. The van der Waals surface area contributed by atoms with Crippen molar-refractivity contribution in [2.75, 3.05) is 6.61 Å². The summed E-state index contributed by atoms with van der Waals surface area (Å²) < 4.78 is 22.5. The lowest BCUT2D eigenvalue weighted by Crippen LogP contribution is -2.21. The number of allylic oxidation sites excluding steroid dienone is 1. The number of ether oxygens (including phenoxy) is 4. The van der Waals surface area contributed by atoms with E-state index in [1.165, 1.54) is 6.07 Å². The van der Waals surface area contributed by atoms with Crippen LogP contribution in [0.1, 0.15) is 22.6 Å². The number of carbonyl (C=O) groups is 1. The molecule has 0 spiro atoms. The molecule has 0 aromatic heterocycles. The molecule has 0 radical (unpaired) electrons. The number of carbonyl (C=O) groups excluding carboxylic acids is 1. The van der Waals surface area contributed by atoms with Gasteiger partial charge in [0.1, 0.15) is 45.5 Å². The van der Waals surface area contributed by atoms with E-state index in [4.69, 9.17) is 106 Å². The van der Waals surface area contributed by atoms with Crippen LogP contribution in [0.5, 0.6) is 23.0 Å². The molecular weight excluding hydrogens is 729 g/mol. The quantitative estimate of drug-likeness (QED) is 0.0829. The fraction of sp³-hybridized carbons (Fsp3) is 0.0968. The first kappa shape index (κ1) is 33.2. The van der Waals surface area contributed by atoms with E-state index in [2.05, 4.69) is 6.07 Å². The van der Waals surface area contributed by atoms with Crippen molar-refractivity contribution in [1.29, 1.82) is 5.26 Å². The number of rotatable bonds is 8. The summed E-state index contributed by atoms with van der Waals surface area (Å²) in [6.45, 7) is -0.354. The molecule has 7 nitrogen and oxygen atoms in total. The van der Waals surface area contributed by atoms with Gasteiger partial charge in [0.05, 0.1) is 21.0 Å². The van der Waals surface area contributed by atoms with Crippen LogP contribution in [0, 0.1) is 11.3 Å². The molecule has 45 heavy (non-hydrogen) atoms. The van der Waals surface area contributed by atoms with Gasteiger partial charge in [0, 0.05) is 27.2 Å².